The fourth-order valence-electron chi connectivity index (χ4n) is 3.11. The predicted molar refractivity (Wildman–Crippen MR) is 93.0 cm³/mol. The highest BCUT2D eigenvalue weighted by atomic mass is 16.4. The zero-order valence-corrected chi connectivity index (χ0v) is 14.4. The number of hydrogen-bond acceptors (Lipinski definition) is 4. The van der Waals surface area contributed by atoms with Crippen molar-refractivity contribution in [2.24, 2.45) is 0 Å². The molecule has 1 aromatic heterocycles. The zero-order valence-electron chi connectivity index (χ0n) is 14.4. The molecule has 0 spiro atoms. The molecule has 1 fully saturated rings. The molecule has 1 N–H and O–H groups in total. The Bertz CT molecular complexity index is 727. The average Bonchev–Trinajstić information content (AvgIpc) is 3.09. The van der Waals surface area contributed by atoms with E-state index in [0.29, 0.717) is 25.4 Å². The molecule has 1 atom stereocenters. The first-order valence-corrected chi connectivity index (χ1v) is 8.62. The van der Waals surface area contributed by atoms with Gasteiger partial charge >= 0.3 is 0 Å². The minimum absolute atomic E-state index is 0.0485. The van der Waals surface area contributed by atoms with Crippen LogP contribution in [0.1, 0.15) is 42.9 Å². The van der Waals surface area contributed by atoms with E-state index >= 15 is 0 Å². The summed E-state index contributed by atoms with van der Waals surface area (Å²) in [4.78, 5) is 29.4. The Hall–Kier alpha value is -2.63. The van der Waals surface area contributed by atoms with Crippen LogP contribution >= 0.6 is 0 Å². The molecule has 132 valence electrons. The summed E-state index contributed by atoms with van der Waals surface area (Å²) in [5, 5.41) is 2.56. The first-order valence-electron chi connectivity index (χ1n) is 8.62. The van der Waals surface area contributed by atoms with Crippen LogP contribution in [0.5, 0.6) is 0 Å². The second-order valence-electron chi connectivity index (χ2n) is 6.42. The van der Waals surface area contributed by atoms with Gasteiger partial charge in [-0.3, -0.25) is 9.59 Å². The largest absolute Gasteiger partial charge is 0.445 e. The third-order valence-electron chi connectivity index (χ3n) is 4.40. The Morgan fingerprint density at radius 3 is 2.88 bits per heavy atom. The van der Waals surface area contributed by atoms with Crippen molar-refractivity contribution in [3.8, 4) is 0 Å². The number of oxazole rings is 1. The second kappa shape index (κ2) is 7.96. The Balaban J connectivity index is 1.60. The van der Waals surface area contributed by atoms with E-state index in [1.54, 1.807) is 11.1 Å². The van der Waals surface area contributed by atoms with Crippen molar-refractivity contribution in [1.29, 1.82) is 0 Å². The topological polar surface area (TPSA) is 75.4 Å². The van der Waals surface area contributed by atoms with Gasteiger partial charge in [-0.05, 0) is 18.4 Å². The molecule has 0 saturated carbocycles. The van der Waals surface area contributed by atoms with Crippen LogP contribution in [0.3, 0.4) is 0 Å². The lowest BCUT2D eigenvalue weighted by Gasteiger charge is -2.31. The van der Waals surface area contributed by atoms with E-state index in [1.165, 1.54) is 12.5 Å². The molecule has 1 aliphatic heterocycles. The summed E-state index contributed by atoms with van der Waals surface area (Å²) in [5.74, 6) is 1.39. The Labute approximate surface area is 147 Å². The smallest absolute Gasteiger partial charge is 0.241 e. The Morgan fingerprint density at radius 2 is 2.12 bits per heavy atom. The summed E-state index contributed by atoms with van der Waals surface area (Å²) >= 11 is 0. The van der Waals surface area contributed by atoms with E-state index in [4.69, 9.17) is 4.42 Å². The summed E-state index contributed by atoms with van der Waals surface area (Å²) in [5.41, 5.74) is 1.18. The lowest BCUT2D eigenvalue weighted by Crippen LogP contribution is -2.44. The highest BCUT2D eigenvalue weighted by Crippen LogP contribution is 2.27. The molecule has 2 aromatic rings. The van der Waals surface area contributed by atoms with Gasteiger partial charge in [-0.25, -0.2) is 4.98 Å². The van der Waals surface area contributed by atoms with Crippen molar-refractivity contribution in [3.05, 3.63) is 53.7 Å². The quantitative estimate of drug-likeness (QED) is 0.904. The molecule has 25 heavy (non-hydrogen) atoms. The SMILES string of the molecule is CC(=O)NCC(=O)N1CCCC(c2ncc(Cc3ccccc3)o2)C1. The second-order valence-corrected chi connectivity index (χ2v) is 6.42. The van der Waals surface area contributed by atoms with Crippen LogP contribution in [0.15, 0.2) is 40.9 Å². The molecule has 2 heterocycles. The van der Waals surface area contributed by atoms with Gasteiger partial charge in [0.05, 0.1) is 18.7 Å². The summed E-state index contributed by atoms with van der Waals surface area (Å²) in [7, 11) is 0. The average molecular weight is 341 g/mol. The van der Waals surface area contributed by atoms with Gasteiger partial charge in [0.1, 0.15) is 5.76 Å². The summed E-state index contributed by atoms with van der Waals surface area (Å²) in [6.45, 7) is 2.76. The maximum absolute atomic E-state index is 12.2. The number of nitrogens with zero attached hydrogens (tertiary/aromatic N) is 2. The number of amides is 2. The Kier molecular flexibility index (Phi) is 5.48. The van der Waals surface area contributed by atoms with E-state index in [0.717, 1.165) is 18.6 Å². The third-order valence-corrected chi connectivity index (χ3v) is 4.40. The van der Waals surface area contributed by atoms with E-state index in [2.05, 4.69) is 22.4 Å². The summed E-state index contributed by atoms with van der Waals surface area (Å²) in [6.07, 6.45) is 4.36. The van der Waals surface area contributed by atoms with E-state index in [-0.39, 0.29) is 24.3 Å². The first-order chi connectivity index (χ1) is 12.1. The van der Waals surface area contributed by atoms with Gasteiger partial charge in [0, 0.05) is 26.4 Å². The van der Waals surface area contributed by atoms with Crippen molar-refractivity contribution in [1.82, 2.24) is 15.2 Å². The molecule has 3 rings (SSSR count). The first kappa shape index (κ1) is 17.2. The molecule has 0 aliphatic carbocycles. The van der Waals surface area contributed by atoms with Crippen LogP contribution in [0.4, 0.5) is 0 Å². The fraction of sp³-hybridized carbons (Fsp3) is 0.421. The van der Waals surface area contributed by atoms with Gasteiger partial charge in [-0.1, -0.05) is 30.3 Å². The number of hydrogen-bond donors (Lipinski definition) is 1. The number of nitrogens with one attached hydrogen (secondary N) is 1. The molecule has 6 nitrogen and oxygen atoms in total. The van der Waals surface area contributed by atoms with Gasteiger partial charge in [0.15, 0.2) is 5.89 Å². The van der Waals surface area contributed by atoms with Crippen LogP contribution in [0.25, 0.3) is 0 Å². The van der Waals surface area contributed by atoms with Crippen LogP contribution in [-0.4, -0.2) is 41.3 Å². The van der Waals surface area contributed by atoms with Gasteiger partial charge in [-0.2, -0.15) is 0 Å². The molecule has 0 radical (unpaired) electrons. The normalized spacial score (nSPS) is 17.3. The number of carbonyl (C=O) groups excluding carboxylic acids is 2. The molecule has 1 saturated heterocycles. The molecular weight excluding hydrogens is 318 g/mol. The lowest BCUT2D eigenvalue weighted by molar-refractivity contribution is -0.133. The standard InChI is InChI=1S/C19H23N3O3/c1-14(23)20-12-18(24)22-9-5-8-16(13-22)19-21-11-17(25-19)10-15-6-3-2-4-7-15/h2-4,6-7,11,16H,5,8-10,12-13H2,1H3,(H,20,23). The van der Waals surface area contributed by atoms with E-state index in [9.17, 15) is 9.59 Å². The maximum Gasteiger partial charge on any atom is 0.241 e. The summed E-state index contributed by atoms with van der Waals surface area (Å²) < 4.78 is 5.93. The molecule has 6 heteroatoms. The van der Waals surface area contributed by atoms with Crippen molar-refractivity contribution in [3.63, 3.8) is 0 Å². The lowest BCUT2D eigenvalue weighted by atomic mass is 9.98. The molecule has 1 aliphatic rings. The maximum atomic E-state index is 12.2. The number of benzene rings is 1. The Morgan fingerprint density at radius 1 is 1.32 bits per heavy atom. The van der Waals surface area contributed by atoms with Crippen LogP contribution in [0.2, 0.25) is 0 Å². The van der Waals surface area contributed by atoms with Crippen molar-refractivity contribution in [2.45, 2.75) is 32.1 Å². The van der Waals surface area contributed by atoms with Crippen molar-refractivity contribution < 1.29 is 14.0 Å². The molecular formula is C19H23N3O3. The van der Waals surface area contributed by atoms with Crippen LogP contribution in [0, 0.1) is 0 Å². The summed E-state index contributed by atoms with van der Waals surface area (Å²) in [6, 6.07) is 10.1. The van der Waals surface area contributed by atoms with Gasteiger partial charge in [-0.15, -0.1) is 0 Å². The van der Waals surface area contributed by atoms with Crippen LogP contribution in [-0.2, 0) is 16.0 Å². The minimum Gasteiger partial charge on any atom is -0.445 e. The monoisotopic (exact) mass is 341 g/mol. The zero-order chi connectivity index (χ0) is 17.6. The highest BCUT2D eigenvalue weighted by Gasteiger charge is 2.27. The number of piperidine rings is 1. The minimum atomic E-state index is -0.194. The predicted octanol–water partition coefficient (Wildman–Crippen LogP) is 2.11. The molecule has 2 amide bonds. The number of likely N-dealkylation sites (tertiary alicyclic amines) is 1. The fourth-order valence-corrected chi connectivity index (χ4v) is 3.11. The third kappa shape index (κ3) is 4.68. The number of carbonyl (C=O) groups is 2. The van der Waals surface area contributed by atoms with Gasteiger partial charge < -0.3 is 14.6 Å². The van der Waals surface area contributed by atoms with Crippen molar-refractivity contribution >= 4 is 11.8 Å². The molecule has 1 aromatic carbocycles. The van der Waals surface area contributed by atoms with E-state index < -0.39 is 0 Å². The number of rotatable bonds is 5. The van der Waals surface area contributed by atoms with E-state index in [1.807, 2.05) is 18.2 Å². The molecule has 1 unspecified atom stereocenters. The van der Waals surface area contributed by atoms with Gasteiger partial charge in [0.25, 0.3) is 0 Å². The number of aromatic nitrogens is 1. The van der Waals surface area contributed by atoms with Crippen LogP contribution < -0.4 is 5.32 Å². The molecule has 0 bridgehead atoms. The van der Waals surface area contributed by atoms with Crippen molar-refractivity contribution in [2.75, 3.05) is 19.6 Å². The highest BCUT2D eigenvalue weighted by molar-refractivity contribution is 5.83. The van der Waals surface area contributed by atoms with Gasteiger partial charge in [0.2, 0.25) is 11.8 Å².